The van der Waals surface area contributed by atoms with Crippen molar-refractivity contribution < 1.29 is 9.90 Å². The Labute approximate surface area is 78.7 Å². The fraction of sp³-hybridized carbons (Fsp3) is 0.900. The third kappa shape index (κ3) is 1.46. The van der Waals surface area contributed by atoms with Crippen molar-refractivity contribution in [3.05, 3.63) is 0 Å². The van der Waals surface area contributed by atoms with Crippen molar-refractivity contribution in [2.24, 2.45) is 17.3 Å². The number of carbonyl (C=O) groups is 1. The molecule has 1 N–H and O–H groups in total. The van der Waals surface area contributed by atoms with Gasteiger partial charge in [-0.25, -0.2) is 0 Å². The van der Waals surface area contributed by atoms with Crippen LogP contribution in [0.5, 0.6) is 0 Å². The number of hydrogen-bond acceptors (Lipinski definition) is 2. The zero-order valence-corrected chi connectivity index (χ0v) is 8.29. The van der Waals surface area contributed by atoms with Crippen molar-refractivity contribution in [1.82, 2.24) is 4.90 Å². The van der Waals surface area contributed by atoms with Gasteiger partial charge in [-0.2, -0.15) is 0 Å². The van der Waals surface area contributed by atoms with Gasteiger partial charge >= 0.3 is 0 Å². The maximum atomic E-state index is 11.7. The number of amides is 1. The Hall–Kier alpha value is -0.570. The molecule has 1 amide bonds. The number of aliphatic hydroxyl groups is 1. The molecule has 1 saturated heterocycles. The van der Waals surface area contributed by atoms with Gasteiger partial charge in [-0.3, -0.25) is 4.79 Å². The highest BCUT2D eigenvalue weighted by Crippen LogP contribution is 2.52. The average molecular weight is 183 g/mol. The second kappa shape index (κ2) is 2.71. The van der Waals surface area contributed by atoms with Crippen LogP contribution in [0.2, 0.25) is 0 Å². The van der Waals surface area contributed by atoms with Crippen LogP contribution >= 0.6 is 0 Å². The Morgan fingerprint density at radius 2 is 2.08 bits per heavy atom. The fourth-order valence-electron chi connectivity index (χ4n) is 1.97. The second-order valence-electron chi connectivity index (χ2n) is 5.04. The highest BCUT2D eigenvalue weighted by Gasteiger charge is 2.53. The highest BCUT2D eigenvalue weighted by atomic mass is 16.3. The predicted octanol–water partition coefficient (Wildman–Crippen LogP) is 0.483. The maximum Gasteiger partial charge on any atom is 0.226 e. The van der Waals surface area contributed by atoms with Crippen LogP contribution in [-0.4, -0.2) is 35.6 Å². The van der Waals surface area contributed by atoms with E-state index in [1.54, 1.807) is 0 Å². The minimum Gasteiger partial charge on any atom is -0.396 e. The summed E-state index contributed by atoms with van der Waals surface area (Å²) in [5.74, 6) is 0.896. The third-order valence-corrected chi connectivity index (χ3v) is 3.34. The van der Waals surface area contributed by atoms with Crippen LogP contribution in [0.4, 0.5) is 0 Å². The van der Waals surface area contributed by atoms with Crippen LogP contribution in [0.1, 0.15) is 20.3 Å². The summed E-state index contributed by atoms with van der Waals surface area (Å²) < 4.78 is 0. The summed E-state index contributed by atoms with van der Waals surface area (Å²) in [5, 5.41) is 8.80. The number of hydrogen-bond donors (Lipinski definition) is 1. The van der Waals surface area contributed by atoms with Crippen LogP contribution in [0.15, 0.2) is 0 Å². The Morgan fingerprint density at radius 3 is 2.46 bits per heavy atom. The van der Waals surface area contributed by atoms with Crippen molar-refractivity contribution in [3.63, 3.8) is 0 Å². The van der Waals surface area contributed by atoms with Crippen molar-refractivity contribution in [3.8, 4) is 0 Å². The third-order valence-electron chi connectivity index (χ3n) is 3.34. The van der Waals surface area contributed by atoms with Gasteiger partial charge in [-0.05, 0) is 11.8 Å². The topological polar surface area (TPSA) is 40.5 Å². The predicted molar refractivity (Wildman–Crippen MR) is 49.0 cm³/mol. The SMILES string of the molecule is CC1(C)C[C@@H]1C(=O)N1CC(CO)C1. The molecule has 2 fully saturated rings. The van der Waals surface area contributed by atoms with E-state index in [0.29, 0.717) is 11.8 Å². The minimum absolute atomic E-state index is 0.220. The molecule has 1 saturated carbocycles. The molecular formula is C10H17NO2. The van der Waals surface area contributed by atoms with Crippen molar-refractivity contribution in [2.75, 3.05) is 19.7 Å². The molecule has 0 aromatic carbocycles. The molecule has 1 heterocycles. The highest BCUT2D eigenvalue weighted by molar-refractivity contribution is 5.83. The summed E-state index contributed by atoms with van der Waals surface area (Å²) in [6, 6.07) is 0. The van der Waals surface area contributed by atoms with E-state index in [9.17, 15) is 4.79 Å². The van der Waals surface area contributed by atoms with Crippen LogP contribution in [-0.2, 0) is 4.79 Å². The molecule has 3 nitrogen and oxygen atoms in total. The first kappa shape index (κ1) is 9.00. The van der Waals surface area contributed by atoms with E-state index in [-0.39, 0.29) is 17.9 Å². The van der Waals surface area contributed by atoms with Gasteiger partial charge in [-0.1, -0.05) is 13.8 Å². The van der Waals surface area contributed by atoms with Gasteiger partial charge in [0.2, 0.25) is 5.91 Å². The molecule has 2 aliphatic rings. The Morgan fingerprint density at radius 1 is 1.54 bits per heavy atom. The molecule has 0 aromatic rings. The van der Waals surface area contributed by atoms with E-state index in [4.69, 9.17) is 5.11 Å². The summed E-state index contributed by atoms with van der Waals surface area (Å²) in [6.45, 7) is 6.03. The first-order valence-electron chi connectivity index (χ1n) is 4.94. The Bertz CT molecular complexity index is 231. The largest absolute Gasteiger partial charge is 0.396 e. The van der Waals surface area contributed by atoms with Gasteiger partial charge < -0.3 is 10.0 Å². The summed E-state index contributed by atoms with van der Waals surface area (Å²) in [7, 11) is 0. The second-order valence-corrected chi connectivity index (χ2v) is 5.04. The smallest absolute Gasteiger partial charge is 0.226 e. The average Bonchev–Trinajstić information content (AvgIpc) is 2.57. The summed E-state index contributed by atoms with van der Waals surface area (Å²) in [4.78, 5) is 13.6. The van der Waals surface area contributed by atoms with Crippen molar-refractivity contribution in [1.29, 1.82) is 0 Å². The van der Waals surface area contributed by atoms with Crippen LogP contribution in [0.3, 0.4) is 0 Å². The van der Waals surface area contributed by atoms with E-state index in [1.807, 2.05) is 4.90 Å². The van der Waals surface area contributed by atoms with E-state index in [0.717, 1.165) is 19.5 Å². The molecule has 0 bridgehead atoms. The quantitative estimate of drug-likeness (QED) is 0.676. The molecule has 0 spiro atoms. The molecule has 74 valence electrons. The number of nitrogens with zero attached hydrogens (tertiary/aromatic N) is 1. The normalized spacial score (nSPS) is 31.3. The van der Waals surface area contributed by atoms with Gasteiger partial charge in [0.15, 0.2) is 0 Å². The van der Waals surface area contributed by atoms with E-state index >= 15 is 0 Å². The molecule has 13 heavy (non-hydrogen) atoms. The lowest BCUT2D eigenvalue weighted by Crippen LogP contribution is -2.52. The van der Waals surface area contributed by atoms with Gasteiger partial charge in [0.05, 0.1) is 0 Å². The summed E-state index contributed by atoms with van der Waals surface area (Å²) in [6.07, 6.45) is 1.03. The first-order valence-corrected chi connectivity index (χ1v) is 4.94. The molecule has 0 aromatic heterocycles. The Balaban J connectivity index is 1.81. The maximum absolute atomic E-state index is 11.7. The molecule has 1 atom stereocenters. The number of carbonyl (C=O) groups excluding carboxylic acids is 1. The van der Waals surface area contributed by atoms with Crippen LogP contribution < -0.4 is 0 Å². The summed E-state index contributed by atoms with van der Waals surface area (Å²) >= 11 is 0. The lowest BCUT2D eigenvalue weighted by atomic mass is 9.99. The zero-order chi connectivity index (χ0) is 9.64. The van der Waals surface area contributed by atoms with E-state index in [1.165, 1.54) is 0 Å². The van der Waals surface area contributed by atoms with Crippen molar-refractivity contribution in [2.45, 2.75) is 20.3 Å². The van der Waals surface area contributed by atoms with E-state index in [2.05, 4.69) is 13.8 Å². The lowest BCUT2D eigenvalue weighted by Gasteiger charge is -2.38. The molecule has 1 aliphatic carbocycles. The van der Waals surface area contributed by atoms with Gasteiger partial charge in [0, 0.05) is 31.5 Å². The molecular weight excluding hydrogens is 166 g/mol. The van der Waals surface area contributed by atoms with Crippen molar-refractivity contribution >= 4 is 5.91 Å². The summed E-state index contributed by atoms with van der Waals surface area (Å²) in [5.41, 5.74) is 0.237. The van der Waals surface area contributed by atoms with Crippen LogP contribution in [0.25, 0.3) is 0 Å². The van der Waals surface area contributed by atoms with Crippen LogP contribution in [0, 0.1) is 17.3 Å². The molecule has 3 heteroatoms. The van der Waals surface area contributed by atoms with Gasteiger partial charge in [0.1, 0.15) is 0 Å². The first-order chi connectivity index (χ1) is 6.04. The Kier molecular flexibility index (Phi) is 1.88. The van der Waals surface area contributed by atoms with Gasteiger partial charge in [-0.15, -0.1) is 0 Å². The van der Waals surface area contributed by atoms with Gasteiger partial charge in [0.25, 0.3) is 0 Å². The number of likely N-dealkylation sites (tertiary alicyclic amines) is 1. The minimum atomic E-state index is 0.220. The lowest BCUT2D eigenvalue weighted by molar-refractivity contribution is -0.140. The molecule has 2 rings (SSSR count). The standard InChI is InChI=1S/C10H17NO2/c1-10(2)3-8(10)9(13)11-4-7(5-11)6-12/h7-8,12H,3-6H2,1-2H3/t8-/m1/s1. The number of aliphatic hydroxyl groups excluding tert-OH is 1. The van der Waals surface area contributed by atoms with E-state index < -0.39 is 0 Å². The fourth-order valence-corrected chi connectivity index (χ4v) is 1.97. The zero-order valence-electron chi connectivity index (χ0n) is 8.29. The monoisotopic (exact) mass is 183 g/mol. The molecule has 0 radical (unpaired) electrons. The molecule has 0 unspecified atom stereocenters. The molecule has 1 aliphatic heterocycles. The number of rotatable bonds is 2.